The standard InChI is InChI=1S/C9H6N2S/c1-2-8-9(11-5-12-8)7-4-10-3-6(1)7/h1-4H,5H2. The lowest BCUT2D eigenvalue weighted by Crippen LogP contribution is -2.26. The molecule has 0 radical (unpaired) electrons. The average Bonchev–Trinajstić information content (AvgIpc) is 2.71. The van der Waals surface area contributed by atoms with Crippen LogP contribution in [0.15, 0.2) is 27.0 Å². The summed E-state index contributed by atoms with van der Waals surface area (Å²) in [5.74, 6) is 0.861. The van der Waals surface area contributed by atoms with E-state index in [0.29, 0.717) is 0 Å². The van der Waals surface area contributed by atoms with E-state index in [0.717, 1.165) is 11.2 Å². The molecule has 3 rings (SSSR count). The molecule has 3 heteroatoms. The summed E-state index contributed by atoms with van der Waals surface area (Å²) in [5, 5.41) is 2.33. The fraction of sp³-hybridized carbons (Fsp3) is 0.111. The molecule has 58 valence electrons. The maximum atomic E-state index is 4.42. The number of hydrogen-bond donors (Lipinski definition) is 0. The van der Waals surface area contributed by atoms with E-state index in [-0.39, 0.29) is 0 Å². The first kappa shape index (κ1) is 6.43. The maximum Gasteiger partial charge on any atom is 0.0898 e. The van der Waals surface area contributed by atoms with Crippen molar-refractivity contribution >= 4 is 24.2 Å². The number of benzene rings is 1. The monoisotopic (exact) mass is 174 g/mol. The number of nitrogens with zero attached hydrogens (tertiary/aromatic N) is 2. The molecule has 2 aliphatic rings. The Morgan fingerprint density at radius 3 is 3.33 bits per heavy atom. The van der Waals surface area contributed by atoms with Crippen LogP contribution in [-0.2, 0) is 0 Å². The average molecular weight is 174 g/mol. The molecule has 0 N–H and O–H groups in total. The highest BCUT2D eigenvalue weighted by Gasteiger charge is 2.09. The van der Waals surface area contributed by atoms with E-state index in [4.69, 9.17) is 0 Å². The van der Waals surface area contributed by atoms with Crippen molar-refractivity contribution in [2.45, 2.75) is 4.90 Å². The third-order valence-electron chi connectivity index (χ3n) is 2.07. The van der Waals surface area contributed by atoms with Crippen molar-refractivity contribution in [1.82, 2.24) is 0 Å². The quantitative estimate of drug-likeness (QED) is 0.563. The van der Waals surface area contributed by atoms with Gasteiger partial charge in [0.05, 0.1) is 11.2 Å². The Hall–Kier alpha value is -1.09. The van der Waals surface area contributed by atoms with Gasteiger partial charge in [-0.05, 0) is 6.07 Å². The van der Waals surface area contributed by atoms with E-state index in [1.165, 1.54) is 15.7 Å². The lowest BCUT2D eigenvalue weighted by atomic mass is 10.2. The molecule has 0 aliphatic carbocycles. The molecule has 12 heavy (non-hydrogen) atoms. The summed E-state index contributed by atoms with van der Waals surface area (Å²) in [7, 11) is 0. The minimum atomic E-state index is 0.861. The van der Waals surface area contributed by atoms with E-state index in [2.05, 4.69) is 22.1 Å². The predicted octanol–water partition coefficient (Wildman–Crippen LogP) is 0.540. The molecule has 2 aliphatic heterocycles. The molecule has 0 spiro atoms. The van der Waals surface area contributed by atoms with Crippen LogP contribution >= 0.6 is 11.8 Å². The molecule has 2 nitrogen and oxygen atoms in total. The number of thioether (sulfide) groups is 1. The first-order chi connectivity index (χ1) is 5.95. The molecular weight excluding hydrogens is 168 g/mol. The normalized spacial score (nSPS) is 16.7. The zero-order chi connectivity index (χ0) is 7.97. The Labute approximate surface area is 73.7 Å². The van der Waals surface area contributed by atoms with Gasteiger partial charge in [-0.25, -0.2) is 0 Å². The number of rotatable bonds is 0. The van der Waals surface area contributed by atoms with E-state index < -0.39 is 0 Å². The first-order valence-electron chi connectivity index (χ1n) is 3.79. The van der Waals surface area contributed by atoms with E-state index in [1.54, 1.807) is 11.8 Å². The molecule has 0 fully saturated rings. The zero-order valence-corrected chi connectivity index (χ0v) is 7.14. The Bertz CT molecular complexity index is 488. The summed E-state index contributed by atoms with van der Waals surface area (Å²) in [6, 6.07) is 4.23. The van der Waals surface area contributed by atoms with Crippen molar-refractivity contribution in [3.63, 3.8) is 0 Å². The molecule has 0 aromatic heterocycles. The topological polar surface area (TPSA) is 24.7 Å². The molecule has 0 atom stereocenters. The van der Waals surface area contributed by atoms with Gasteiger partial charge in [0, 0.05) is 28.1 Å². The van der Waals surface area contributed by atoms with Crippen molar-refractivity contribution in [2.24, 2.45) is 9.98 Å². The Kier molecular flexibility index (Phi) is 1.18. The van der Waals surface area contributed by atoms with Crippen LogP contribution in [0.1, 0.15) is 5.56 Å². The van der Waals surface area contributed by atoms with Crippen LogP contribution in [0.4, 0.5) is 0 Å². The Balaban J connectivity index is 2.54. The first-order valence-corrected chi connectivity index (χ1v) is 4.77. The predicted molar refractivity (Wildman–Crippen MR) is 50.0 cm³/mol. The van der Waals surface area contributed by atoms with Crippen LogP contribution in [0, 0.1) is 0 Å². The summed E-state index contributed by atoms with van der Waals surface area (Å²) in [5.41, 5.74) is 1.19. The minimum Gasteiger partial charge on any atom is -0.272 e. The van der Waals surface area contributed by atoms with Gasteiger partial charge < -0.3 is 0 Å². The molecule has 0 amide bonds. The van der Waals surface area contributed by atoms with Gasteiger partial charge in [-0.1, -0.05) is 6.07 Å². The van der Waals surface area contributed by atoms with Crippen LogP contribution in [0.2, 0.25) is 0 Å². The van der Waals surface area contributed by atoms with Gasteiger partial charge in [-0.3, -0.25) is 9.98 Å². The van der Waals surface area contributed by atoms with Crippen molar-refractivity contribution in [1.29, 1.82) is 0 Å². The second kappa shape index (κ2) is 2.20. The van der Waals surface area contributed by atoms with Gasteiger partial charge in [-0.2, -0.15) is 0 Å². The minimum absolute atomic E-state index is 0.861. The van der Waals surface area contributed by atoms with Crippen molar-refractivity contribution in [2.75, 3.05) is 5.88 Å². The summed E-state index contributed by atoms with van der Waals surface area (Å²) >= 11 is 1.79. The number of aliphatic imine (C=N–C) groups is 1. The highest BCUT2D eigenvalue weighted by Crippen LogP contribution is 2.16. The van der Waals surface area contributed by atoms with Gasteiger partial charge in [-0.15, -0.1) is 11.8 Å². The third-order valence-corrected chi connectivity index (χ3v) is 2.97. The van der Waals surface area contributed by atoms with Gasteiger partial charge in [0.15, 0.2) is 0 Å². The largest absolute Gasteiger partial charge is 0.272 e. The molecule has 0 saturated heterocycles. The van der Waals surface area contributed by atoms with Crippen molar-refractivity contribution in [3.8, 4) is 0 Å². The summed E-state index contributed by atoms with van der Waals surface area (Å²) in [6.45, 7) is 0. The van der Waals surface area contributed by atoms with Gasteiger partial charge in [0.25, 0.3) is 0 Å². The summed E-state index contributed by atoms with van der Waals surface area (Å²) in [4.78, 5) is 9.82. The van der Waals surface area contributed by atoms with Crippen LogP contribution in [-0.4, -0.2) is 12.1 Å². The van der Waals surface area contributed by atoms with Crippen molar-refractivity contribution < 1.29 is 0 Å². The van der Waals surface area contributed by atoms with Gasteiger partial charge >= 0.3 is 0 Å². The number of fused-ring (bicyclic) bond motifs is 3. The lowest BCUT2D eigenvalue weighted by Gasteiger charge is -1.92. The Morgan fingerprint density at radius 1 is 1.33 bits per heavy atom. The molecule has 1 aromatic rings. The smallest absolute Gasteiger partial charge is 0.0898 e. The van der Waals surface area contributed by atoms with Gasteiger partial charge in [0.1, 0.15) is 0 Å². The highest BCUT2D eigenvalue weighted by molar-refractivity contribution is 7.99. The van der Waals surface area contributed by atoms with Crippen LogP contribution in [0.5, 0.6) is 0 Å². The fourth-order valence-electron chi connectivity index (χ4n) is 1.49. The zero-order valence-electron chi connectivity index (χ0n) is 6.32. The molecule has 0 unspecified atom stereocenters. The second-order valence-electron chi connectivity index (χ2n) is 2.75. The van der Waals surface area contributed by atoms with E-state index in [9.17, 15) is 0 Å². The van der Waals surface area contributed by atoms with Crippen molar-refractivity contribution in [3.05, 3.63) is 28.3 Å². The van der Waals surface area contributed by atoms with Crippen LogP contribution < -0.4 is 10.6 Å². The third kappa shape index (κ3) is 0.716. The molecular formula is C9H6N2S. The Morgan fingerprint density at radius 2 is 2.33 bits per heavy atom. The van der Waals surface area contributed by atoms with Gasteiger partial charge in [0.2, 0.25) is 0 Å². The van der Waals surface area contributed by atoms with E-state index >= 15 is 0 Å². The molecule has 1 aromatic carbocycles. The maximum absolute atomic E-state index is 4.42. The fourth-order valence-corrected chi connectivity index (χ4v) is 2.30. The molecule has 0 saturated carbocycles. The molecule has 0 bridgehead atoms. The van der Waals surface area contributed by atoms with E-state index in [1.807, 2.05) is 12.4 Å². The SMILES string of the molecule is C1=NC=c2c1ccc1c2=NCS1. The number of hydrogen-bond acceptors (Lipinski definition) is 3. The summed E-state index contributed by atoms with van der Waals surface area (Å²) in [6.07, 6.45) is 3.78. The van der Waals surface area contributed by atoms with Crippen LogP contribution in [0.25, 0.3) is 6.20 Å². The highest BCUT2D eigenvalue weighted by atomic mass is 32.2. The second-order valence-corrected chi connectivity index (χ2v) is 3.74. The van der Waals surface area contributed by atoms with Crippen LogP contribution in [0.3, 0.4) is 0 Å². The molecule has 2 heterocycles. The lowest BCUT2D eigenvalue weighted by molar-refractivity contribution is 1.18. The summed E-state index contributed by atoms with van der Waals surface area (Å²) < 4.78 is 0.